The van der Waals surface area contributed by atoms with Gasteiger partial charge >= 0.3 is 6.36 Å². The molecule has 170 valence electrons. The Morgan fingerprint density at radius 2 is 1.55 bits per heavy atom. The van der Waals surface area contributed by atoms with Crippen molar-refractivity contribution in [3.63, 3.8) is 0 Å². The van der Waals surface area contributed by atoms with E-state index in [0.29, 0.717) is 49.8 Å². The highest BCUT2D eigenvalue weighted by Gasteiger charge is 2.31. The van der Waals surface area contributed by atoms with Crippen LogP contribution in [0.1, 0.15) is 11.3 Å². The van der Waals surface area contributed by atoms with E-state index in [2.05, 4.69) is 9.72 Å². The van der Waals surface area contributed by atoms with Crippen LogP contribution in [0.5, 0.6) is 17.2 Å². The molecule has 1 aromatic heterocycles. The number of nitrogens with one attached hydrogen (secondary N) is 1. The van der Waals surface area contributed by atoms with Crippen LogP contribution in [0, 0.1) is 6.92 Å². The Morgan fingerprint density at radius 1 is 0.970 bits per heavy atom. The van der Waals surface area contributed by atoms with Crippen molar-refractivity contribution >= 4 is 22.5 Å². The summed E-state index contributed by atoms with van der Waals surface area (Å²) in [6, 6.07) is 14.9. The first-order chi connectivity index (χ1) is 15.6. The minimum absolute atomic E-state index is 0.207. The molecule has 9 heteroatoms. The van der Waals surface area contributed by atoms with E-state index in [4.69, 9.17) is 16.3 Å². The monoisotopic (exact) mass is 475 g/mol. The number of rotatable bonds is 5. The van der Waals surface area contributed by atoms with Gasteiger partial charge in [-0.25, -0.2) is 0 Å². The van der Waals surface area contributed by atoms with Gasteiger partial charge in [-0.1, -0.05) is 23.7 Å². The molecule has 0 fully saturated rings. The lowest BCUT2D eigenvalue weighted by Crippen LogP contribution is -2.16. The lowest BCUT2D eigenvalue weighted by Gasteiger charge is -2.12. The fraction of sp³-hybridized carbons (Fsp3) is 0.125. The number of aromatic amines is 1. The third kappa shape index (κ3) is 4.97. The molecular weight excluding hydrogens is 459 g/mol. The number of hydrogen-bond donors (Lipinski definition) is 2. The summed E-state index contributed by atoms with van der Waals surface area (Å²) in [5, 5.41) is 10.1. The lowest BCUT2D eigenvalue weighted by molar-refractivity contribution is -0.274. The molecule has 1 heterocycles. The molecule has 5 nitrogen and oxygen atoms in total. The van der Waals surface area contributed by atoms with Crippen LogP contribution in [0.25, 0.3) is 22.0 Å². The van der Waals surface area contributed by atoms with Crippen molar-refractivity contribution in [3.05, 3.63) is 87.2 Å². The summed E-state index contributed by atoms with van der Waals surface area (Å²) in [7, 11) is 0. The van der Waals surface area contributed by atoms with Crippen LogP contribution in [0.2, 0.25) is 5.02 Å². The number of halogens is 4. The van der Waals surface area contributed by atoms with Crippen molar-refractivity contribution in [2.75, 3.05) is 0 Å². The molecule has 33 heavy (non-hydrogen) atoms. The van der Waals surface area contributed by atoms with Crippen molar-refractivity contribution in [2.24, 2.45) is 0 Å². The third-order valence-corrected chi connectivity index (χ3v) is 5.31. The first-order valence-electron chi connectivity index (χ1n) is 9.74. The maximum atomic E-state index is 13.1. The average Bonchev–Trinajstić information content (AvgIpc) is 2.75. The second kappa shape index (κ2) is 8.80. The molecule has 0 atom stereocenters. The van der Waals surface area contributed by atoms with Gasteiger partial charge in [0.1, 0.15) is 17.2 Å². The van der Waals surface area contributed by atoms with Gasteiger partial charge in [-0.2, -0.15) is 0 Å². The smallest absolute Gasteiger partial charge is 0.457 e. The number of aliphatic hydroxyl groups excluding tert-OH is 1. The summed E-state index contributed by atoms with van der Waals surface area (Å²) in [6.45, 7) is 1.54. The van der Waals surface area contributed by atoms with Gasteiger partial charge in [0.25, 0.3) is 0 Å². The molecule has 0 amide bonds. The SMILES string of the molecule is Cc1[nH]c2cc(CO)c(Cl)cc2c(=O)c1-c1ccc(Oc2ccc(OC(F)(F)F)cc2)cc1. The largest absolute Gasteiger partial charge is 0.573 e. The van der Waals surface area contributed by atoms with E-state index >= 15 is 0 Å². The quantitative estimate of drug-likeness (QED) is 0.353. The number of aromatic nitrogens is 1. The minimum Gasteiger partial charge on any atom is -0.457 e. The van der Waals surface area contributed by atoms with E-state index in [9.17, 15) is 23.1 Å². The number of ether oxygens (including phenoxy) is 2. The van der Waals surface area contributed by atoms with Crippen LogP contribution >= 0.6 is 11.6 Å². The summed E-state index contributed by atoms with van der Waals surface area (Å²) >= 11 is 6.16. The summed E-state index contributed by atoms with van der Waals surface area (Å²) in [6.07, 6.45) is -4.76. The summed E-state index contributed by atoms with van der Waals surface area (Å²) in [5.41, 5.74) is 2.66. The predicted octanol–water partition coefficient (Wildman–Crippen LogP) is 6.34. The zero-order valence-corrected chi connectivity index (χ0v) is 17.9. The Morgan fingerprint density at radius 3 is 2.12 bits per heavy atom. The van der Waals surface area contributed by atoms with Gasteiger partial charge in [0.15, 0.2) is 5.43 Å². The highest BCUT2D eigenvalue weighted by molar-refractivity contribution is 6.32. The van der Waals surface area contributed by atoms with E-state index in [0.717, 1.165) is 12.1 Å². The highest BCUT2D eigenvalue weighted by atomic mass is 35.5. The van der Waals surface area contributed by atoms with Crippen molar-refractivity contribution in [1.82, 2.24) is 4.98 Å². The van der Waals surface area contributed by atoms with Gasteiger partial charge in [-0.15, -0.1) is 13.2 Å². The van der Waals surface area contributed by atoms with Crippen molar-refractivity contribution in [3.8, 4) is 28.4 Å². The van der Waals surface area contributed by atoms with Gasteiger partial charge in [-0.3, -0.25) is 4.79 Å². The zero-order valence-electron chi connectivity index (χ0n) is 17.2. The number of pyridine rings is 1. The first-order valence-corrected chi connectivity index (χ1v) is 10.1. The molecule has 4 aromatic rings. The number of H-pyrrole nitrogens is 1. The van der Waals surface area contributed by atoms with Crippen LogP contribution in [0.15, 0.2) is 65.5 Å². The van der Waals surface area contributed by atoms with E-state index in [1.165, 1.54) is 18.2 Å². The molecule has 0 saturated heterocycles. The van der Waals surface area contributed by atoms with Crippen LogP contribution < -0.4 is 14.9 Å². The molecule has 2 N–H and O–H groups in total. The third-order valence-electron chi connectivity index (χ3n) is 4.96. The Labute approximate surface area is 191 Å². The topological polar surface area (TPSA) is 71.5 Å². The molecule has 0 saturated carbocycles. The van der Waals surface area contributed by atoms with Crippen LogP contribution in [-0.2, 0) is 6.61 Å². The van der Waals surface area contributed by atoms with Gasteiger partial charge < -0.3 is 19.6 Å². The number of hydrogen-bond acceptors (Lipinski definition) is 4. The molecule has 0 spiro atoms. The number of fused-ring (bicyclic) bond motifs is 1. The Bertz CT molecular complexity index is 1360. The molecule has 0 bridgehead atoms. The van der Waals surface area contributed by atoms with Crippen LogP contribution in [0.3, 0.4) is 0 Å². The summed E-state index contributed by atoms with van der Waals surface area (Å²) in [4.78, 5) is 16.3. The molecule has 0 radical (unpaired) electrons. The average molecular weight is 476 g/mol. The molecular formula is C24H17ClF3NO4. The van der Waals surface area contributed by atoms with E-state index < -0.39 is 6.36 Å². The number of aryl methyl sites for hydroxylation is 1. The predicted molar refractivity (Wildman–Crippen MR) is 119 cm³/mol. The van der Waals surface area contributed by atoms with E-state index in [1.807, 2.05) is 0 Å². The zero-order chi connectivity index (χ0) is 23.8. The summed E-state index contributed by atoms with van der Waals surface area (Å²) in [5.74, 6) is 0.419. The fourth-order valence-electron chi connectivity index (χ4n) is 3.48. The Kier molecular flexibility index (Phi) is 6.05. The maximum absolute atomic E-state index is 13.1. The number of alkyl halides is 3. The lowest BCUT2D eigenvalue weighted by atomic mass is 10.0. The van der Waals surface area contributed by atoms with Gasteiger partial charge in [0, 0.05) is 27.2 Å². The maximum Gasteiger partial charge on any atom is 0.573 e. The van der Waals surface area contributed by atoms with Crippen molar-refractivity contribution in [1.29, 1.82) is 0 Å². The Hall–Kier alpha value is -3.49. The highest BCUT2D eigenvalue weighted by Crippen LogP contribution is 2.30. The summed E-state index contributed by atoms with van der Waals surface area (Å²) < 4.78 is 46.3. The van der Waals surface area contributed by atoms with Gasteiger partial charge in [0.05, 0.1) is 6.61 Å². The van der Waals surface area contributed by atoms with Crippen molar-refractivity contribution < 1.29 is 27.8 Å². The normalized spacial score (nSPS) is 11.6. The number of aliphatic hydroxyl groups is 1. The minimum atomic E-state index is -4.76. The fourth-order valence-corrected chi connectivity index (χ4v) is 3.71. The second-order valence-electron chi connectivity index (χ2n) is 7.25. The van der Waals surface area contributed by atoms with E-state index in [1.54, 1.807) is 37.3 Å². The van der Waals surface area contributed by atoms with Crippen LogP contribution in [0.4, 0.5) is 13.2 Å². The van der Waals surface area contributed by atoms with Gasteiger partial charge in [0.2, 0.25) is 0 Å². The molecule has 0 aliphatic rings. The molecule has 4 rings (SSSR count). The molecule has 3 aromatic carbocycles. The molecule has 0 unspecified atom stereocenters. The standard InChI is InChI=1S/C24H17ClF3NO4/c1-13-22(23(31)19-11-20(25)15(12-30)10-21(19)29-13)14-2-4-16(5-3-14)32-17-6-8-18(9-7-17)33-24(26,27)28/h2-11,30H,12H2,1H3,(H,29,31). The van der Waals surface area contributed by atoms with Crippen LogP contribution in [-0.4, -0.2) is 16.5 Å². The molecule has 0 aliphatic heterocycles. The Balaban J connectivity index is 1.60. The van der Waals surface area contributed by atoms with E-state index in [-0.39, 0.29) is 17.8 Å². The van der Waals surface area contributed by atoms with Crippen molar-refractivity contribution in [2.45, 2.75) is 19.9 Å². The number of benzene rings is 3. The molecule has 0 aliphatic carbocycles. The first kappa shape index (κ1) is 22.7. The van der Waals surface area contributed by atoms with Gasteiger partial charge in [-0.05, 0) is 66.6 Å². The second-order valence-corrected chi connectivity index (χ2v) is 7.65.